The Balaban J connectivity index is 1.72. The predicted molar refractivity (Wildman–Crippen MR) is 135 cm³/mol. The smallest absolute Gasteiger partial charge is 0.338 e. The number of aromatic nitrogens is 2. The van der Waals surface area contributed by atoms with E-state index in [2.05, 4.69) is 21.8 Å². The summed E-state index contributed by atoms with van der Waals surface area (Å²) in [4.78, 5) is 29.4. The maximum absolute atomic E-state index is 12.8. The molecule has 1 amide bonds. The van der Waals surface area contributed by atoms with Crippen molar-refractivity contribution < 1.29 is 14.3 Å². The number of esters is 1. The summed E-state index contributed by atoms with van der Waals surface area (Å²) in [5.74, 6) is 0.379. The predicted octanol–water partition coefficient (Wildman–Crippen LogP) is 5.91. The van der Waals surface area contributed by atoms with Crippen LogP contribution in [-0.2, 0) is 22.5 Å². The zero-order valence-corrected chi connectivity index (χ0v) is 20.4. The first-order chi connectivity index (χ1) is 16.4. The van der Waals surface area contributed by atoms with Gasteiger partial charge in [0, 0.05) is 24.2 Å². The van der Waals surface area contributed by atoms with Crippen molar-refractivity contribution in [3.63, 3.8) is 0 Å². The Bertz CT molecular complexity index is 1260. The molecule has 0 atom stereocenters. The number of nitrogens with zero attached hydrogens (tertiary/aromatic N) is 2. The maximum atomic E-state index is 12.8. The van der Waals surface area contributed by atoms with E-state index in [1.807, 2.05) is 43.3 Å². The SMILES string of the molecule is CCCCc1nc(Cl)c(C=C2C(=O)Nc3cc(C)ccc32)n1Cc1ccc(C(=O)OCC)cc1. The second-order valence-corrected chi connectivity index (χ2v) is 8.73. The lowest BCUT2D eigenvalue weighted by Crippen LogP contribution is -2.09. The molecule has 0 bridgehead atoms. The van der Waals surface area contributed by atoms with E-state index in [9.17, 15) is 9.59 Å². The first-order valence-corrected chi connectivity index (χ1v) is 11.9. The van der Waals surface area contributed by atoms with Crippen molar-refractivity contribution in [3.8, 4) is 0 Å². The van der Waals surface area contributed by atoms with E-state index in [0.29, 0.717) is 35.1 Å². The number of hydrogen-bond donors (Lipinski definition) is 1. The Morgan fingerprint density at radius 3 is 2.65 bits per heavy atom. The first kappa shape index (κ1) is 23.8. The van der Waals surface area contributed by atoms with Gasteiger partial charge in [0.1, 0.15) is 5.82 Å². The highest BCUT2D eigenvalue weighted by Gasteiger charge is 2.26. The number of hydrogen-bond acceptors (Lipinski definition) is 4. The summed E-state index contributed by atoms with van der Waals surface area (Å²) in [5, 5.41) is 3.31. The summed E-state index contributed by atoms with van der Waals surface area (Å²) in [6.07, 6.45) is 4.62. The van der Waals surface area contributed by atoms with Crippen molar-refractivity contribution in [1.82, 2.24) is 9.55 Å². The number of carbonyl (C=O) groups is 2. The largest absolute Gasteiger partial charge is 0.462 e. The molecule has 34 heavy (non-hydrogen) atoms. The third-order valence-electron chi connectivity index (χ3n) is 5.84. The maximum Gasteiger partial charge on any atom is 0.338 e. The molecule has 4 rings (SSSR count). The fraction of sp³-hybridized carbons (Fsp3) is 0.296. The molecule has 0 saturated heterocycles. The molecule has 0 fully saturated rings. The zero-order chi connectivity index (χ0) is 24.2. The molecular weight excluding hydrogens is 450 g/mol. The molecule has 176 valence electrons. The van der Waals surface area contributed by atoms with Crippen molar-refractivity contribution in [2.24, 2.45) is 0 Å². The Kier molecular flexibility index (Phi) is 7.17. The lowest BCUT2D eigenvalue weighted by molar-refractivity contribution is -0.110. The highest BCUT2D eigenvalue weighted by molar-refractivity contribution is 6.36. The fourth-order valence-electron chi connectivity index (χ4n) is 4.05. The molecule has 0 unspecified atom stereocenters. The van der Waals surface area contributed by atoms with Gasteiger partial charge in [0.15, 0.2) is 5.15 Å². The van der Waals surface area contributed by atoms with Gasteiger partial charge in [-0.15, -0.1) is 0 Å². The van der Waals surface area contributed by atoms with Gasteiger partial charge in [0.25, 0.3) is 5.91 Å². The van der Waals surface area contributed by atoms with Crippen molar-refractivity contribution >= 4 is 40.8 Å². The van der Waals surface area contributed by atoms with Gasteiger partial charge in [-0.1, -0.05) is 49.2 Å². The summed E-state index contributed by atoms with van der Waals surface area (Å²) in [5.41, 5.74) is 5.51. The monoisotopic (exact) mass is 477 g/mol. The highest BCUT2D eigenvalue weighted by atomic mass is 35.5. The van der Waals surface area contributed by atoms with Gasteiger partial charge in [0.2, 0.25) is 0 Å². The van der Waals surface area contributed by atoms with Gasteiger partial charge in [-0.25, -0.2) is 9.78 Å². The molecule has 2 aromatic carbocycles. The number of anilines is 1. The number of aryl methyl sites for hydroxylation is 2. The quantitative estimate of drug-likeness (QED) is 0.323. The van der Waals surface area contributed by atoms with Crippen LogP contribution in [0.5, 0.6) is 0 Å². The van der Waals surface area contributed by atoms with Crippen molar-refractivity contribution in [3.05, 3.63) is 81.4 Å². The number of ether oxygens (including phenoxy) is 1. The van der Waals surface area contributed by atoms with Crippen LogP contribution >= 0.6 is 11.6 Å². The number of fused-ring (bicyclic) bond motifs is 1. The molecule has 1 N–H and O–H groups in total. The number of unbranched alkanes of at least 4 members (excludes halogenated alkanes) is 1. The van der Waals surface area contributed by atoms with Crippen LogP contribution in [0.3, 0.4) is 0 Å². The van der Waals surface area contributed by atoms with E-state index in [1.54, 1.807) is 19.1 Å². The summed E-state index contributed by atoms with van der Waals surface area (Å²) in [6.45, 7) is 6.76. The Hall–Kier alpha value is -3.38. The summed E-state index contributed by atoms with van der Waals surface area (Å²) in [7, 11) is 0. The lowest BCUT2D eigenvalue weighted by atomic mass is 10.0. The van der Waals surface area contributed by atoms with Gasteiger partial charge in [-0.3, -0.25) is 4.79 Å². The van der Waals surface area contributed by atoms with Gasteiger partial charge in [0.05, 0.1) is 23.4 Å². The molecule has 2 heterocycles. The van der Waals surface area contributed by atoms with Crippen molar-refractivity contribution in [1.29, 1.82) is 0 Å². The fourth-order valence-corrected chi connectivity index (χ4v) is 4.31. The van der Waals surface area contributed by atoms with Gasteiger partial charge in [-0.2, -0.15) is 0 Å². The summed E-state index contributed by atoms with van der Waals surface area (Å²) < 4.78 is 7.13. The van der Waals surface area contributed by atoms with E-state index in [4.69, 9.17) is 16.3 Å². The van der Waals surface area contributed by atoms with Gasteiger partial charge >= 0.3 is 5.97 Å². The van der Waals surface area contributed by atoms with Gasteiger partial charge < -0.3 is 14.6 Å². The number of nitrogens with one attached hydrogen (secondary N) is 1. The van der Waals surface area contributed by atoms with Crippen molar-refractivity contribution in [2.45, 2.75) is 46.6 Å². The molecule has 0 aliphatic carbocycles. The Morgan fingerprint density at radius 2 is 1.94 bits per heavy atom. The molecular formula is C27H28ClN3O3. The van der Waals surface area contributed by atoms with Crippen LogP contribution < -0.4 is 5.32 Å². The molecule has 0 radical (unpaired) electrons. The number of carbonyl (C=O) groups excluding carboxylic acids is 2. The average molecular weight is 478 g/mol. The molecule has 1 aromatic heterocycles. The highest BCUT2D eigenvalue weighted by Crippen LogP contribution is 2.35. The normalized spacial score (nSPS) is 13.8. The van der Waals surface area contributed by atoms with E-state index in [-0.39, 0.29) is 11.9 Å². The Morgan fingerprint density at radius 1 is 1.18 bits per heavy atom. The third-order valence-corrected chi connectivity index (χ3v) is 6.12. The van der Waals surface area contributed by atoms with E-state index in [1.165, 1.54) is 0 Å². The lowest BCUT2D eigenvalue weighted by Gasteiger charge is -2.12. The molecule has 6 nitrogen and oxygen atoms in total. The average Bonchev–Trinajstić information content (AvgIpc) is 3.28. The Labute approximate surface area is 204 Å². The van der Waals surface area contributed by atoms with Crippen molar-refractivity contribution in [2.75, 3.05) is 11.9 Å². The first-order valence-electron chi connectivity index (χ1n) is 11.6. The molecule has 0 spiro atoms. The number of amides is 1. The zero-order valence-electron chi connectivity index (χ0n) is 19.7. The summed E-state index contributed by atoms with van der Waals surface area (Å²) in [6, 6.07) is 13.2. The number of halogens is 1. The number of imidazole rings is 1. The summed E-state index contributed by atoms with van der Waals surface area (Å²) >= 11 is 6.61. The molecule has 1 aliphatic heterocycles. The standard InChI is InChI=1S/C27H28ClN3O3/c1-4-6-7-24-30-25(28)23(15-21-20-13-8-17(3)14-22(20)29-26(21)32)31(24)16-18-9-11-19(12-10-18)27(33)34-5-2/h8-15H,4-7,16H2,1-3H3,(H,29,32). The van der Waals surface area contributed by atoms with Crippen LogP contribution in [0.4, 0.5) is 5.69 Å². The minimum absolute atomic E-state index is 0.154. The third kappa shape index (κ3) is 4.92. The van der Waals surface area contributed by atoms with E-state index < -0.39 is 0 Å². The molecule has 3 aromatic rings. The van der Waals surface area contributed by atoms with Gasteiger partial charge in [-0.05, 0) is 55.7 Å². The van der Waals surface area contributed by atoms with E-state index >= 15 is 0 Å². The number of benzene rings is 2. The second kappa shape index (κ2) is 10.3. The van der Waals surface area contributed by atoms with Crippen LogP contribution in [0.1, 0.15) is 65.3 Å². The molecule has 1 aliphatic rings. The molecule has 7 heteroatoms. The van der Waals surface area contributed by atoms with Crippen LogP contribution in [0.2, 0.25) is 5.15 Å². The van der Waals surface area contributed by atoms with Crippen LogP contribution in [0.15, 0.2) is 42.5 Å². The van der Waals surface area contributed by atoms with Crippen LogP contribution in [0.25, 0.3) is 11.6 Å². The van der Waals surface area contributed by atoms with E-state index in [0.717, 1.165) is 47.5 Å². The number of rotatable bonds is 8. The van der Waals surface area contributed by atoms with Crippen LogP contribution in [-0.4, -0.2) is 28.0 Å². The minimum atomic E-state index is -0.338. The molecule has 0 saturated carbocycles. The van der Waals surface area contributed by atoms with Crippen LogP contribution in [0, 0.1) is 6.92 Å². The second-order valence-electron chi connectivity index (χ2n) is 8.37. The minimum Gasteiger partial charge on any atom is -0.462 e. The topological polar surface area (TPSA) is 73.2 Å².